The predicted octanol–water partition coefficient (Wildman–Crippen LogP) is 4.33. The van der Waals surface area contributed by atoms with Crippen LogP contribution in [0, 0.1) is 0 Å². The normalized spacial score (nSPS) is 10.8. The first kappa shape index (κ1) is 18.8. The van der Waals surface area contributed by atoms with Gasteiger partial charge in [0, 0.05) is 19.1 Å². The number of anilines is 2. The van der Waals surface area contributed by atoms with E-state index in [4.69, 9.17) is 0 Å². The molecule has 0 aliphatic carbocycles. The third-order valence-corrected chi connectivity index (χ3v) is 4.43. The maximum Gasteiger partial charge on any atom is 0.244 e. The van der Waals surface area contributed by atoms with Crippen LogP contribution in [0.3, 0.4) is 0 Å². The molecule has 0 atom stereocenters. The molecule has 0 fully saturated rings. The number of benzene rings is 2. The lowest BCUT2D eigenvalue weighted by atomic mass is 10.1. The van der Waals surface area contributed by atoms with Crippen LogP contribution in [-0.4, -0.2) is 27.8 Å². The van der Waals surface area contributed by atoms with E-state index in [1.54, 1.807) is 6.20 Å². The van der Waals surface area contributed by atoms with Gasteiger partial charge in [0.15, 0.2) is 5.82 Å². The van der Waals surface area contributed by atoms with Gasteiger partial charge in [-0.15, -0.1) is 5.10 Å². The molecule has 0 spiro atoms. The van der Waals surface area contributed by atoms with Crippen LogP contribution in [0.1, 0.15) is 31.4 Å². The zero-order valence-corrected chi connectivity index (χ0v) is 16.0. The van der Waals surface area contributed by atoms with Gasteiger partial charge in [-0.05, 0) is 37.8 Å². The van der Waals surface area contributed by atoms with Crippen molar-refractivity contribution in [3.63, 3.8) is 0 Å². The van der Waals surface area contributed by atoms with E-state index in [-0.39, 0.29) is 0 Å². The molecule has 1 heterocycles. The lowest BCUT2D eigenvalue weighted by Crippen LogP contribution is -2.31. The van der Waals surface area contributed by atoms with Gasteiger partial charge in [-0.2, -0.15) is 10.1 Å². The highest BCUT2D eigenvalue weighted by Crippen LogP contribution is 2.17. The summed E-state index contributed by atoms with van der Waals surface area (Å²) in [6.45, 7) is 5.95. The van der Waals surface area contributed by atoms with E-state index in [0.29, 0.717) is 12.0 Å². The van der Waals surface area contributed by atoms with E-state index >= 15 is 0 Å². The quantitative estimate of drug-likeness (QED) is 0.575. The van der Waals surface area contributed by atoms with Crippen LogP contribution in [0.4, 0.5) is 11.8 Å². The molecule has 3 rings (SSSR count). The van der Waals surface area contributed by atoms with Gasteiger partial charge in [0.05, 0.1) is 6.20 Å². The number of hydrogen-bond acceptors (Lipinski definition) is 5. The molecule has 0 amide bonds. The molecule has 27 heavy (non-hydrogen) atoms. The van der Waals surface area contributed by atoms with E-state index in [1.165, 1.54) is 11.1 Å². The van der Waals surface area contributed by atoms with Gasteiger partial charge in [-0.25, -0.2) is 0 Å². The summed E-state index contributed by atoms with van der Waals surface area (Å²) >= 11 is 0. The van der Waals surface area contributed by atoms with Crippen LogP contribution in [-0.2, 0) is 13.0 Å². The Labute approximate surface area is 161 Å². The van der Waals surface area contributed by atoms with Crippen molar-refractivity contribution in [2.45, 2.75) is 39.3 Å². The number of nitrogens with zero attached hydrogens (tertiary/aromatic N) is 4. The first-order valence-corrected chi connectivity index (χ1v) is 9.50. The van der Waals surface area contributed by atoms with Crippen molar-refractivity contribution < 1.29 is 0 Å². The standard InChI is InChI=1S/C22H27N5/c1-18(2)27(17-20-12-7-4-8-13-20)21-16-24-26-22(25-21)23-15-9-14-19-10-5-3-6-11-19/h3-8,10-13,16,18H,9,14-15,17H2,1-2H3,(H,23,25,26). The van der Waals surface area contributed by atoms with Crippen LogP contribution in [0.2, 0.25) is 0 Å². The van der Waals surface area contributed by atoms with E-state index in [0.717, 1.165) is 31.7 Å². The highest BCUT2D eigenvalue weighted by molar-refractivity contribution is 5.42. The van der Waals surface area contributed by atoms with E-state index in [2.05, 4.69) is 87.8 Å². The minimum Gasteiger partial charge on any atom is -0.353 e. The Morgan fingerprint density at radius 1 is 0.926 bits per heavy atom. The topological polar surface area (TPSA) is 53.9 Å². The van der Waals surface area contributed by atoms with Gasteiger partial charge in [-0.1, -0.05) is 60.7 Å². The fraction of sp³-hybridized carbons (Fsp3) is 0.318. The second-order valence-electron chi connectivity index (χ2n) is 6.86. The highest BCUT2D eigenvalue weighted by atomic mass is 15.3. The first-order chi connectivity index (χ1) is 13.2. The summed E-state index contributed by atoms with van der Waals surface area (Å²) in [7, 11) is 0. The average molecular weight is 361 g/mol. The largest absolute Gasteiger partial charge is 0.353 e. The summed E-state index contributed by atoms with van der Waals surface area (Å²) < 4.78 is 0. The highest BCUT2D eigenvalue weighted by Gasteiger charge is 2.14. The molecule has 0 saturated carbocycles. The molecule has 0 aliphatic rings. The third-order valence-electron chi connectivity index (χ3n) is 4.43. The second-order valence-corrected chi connectivity index (χ2v) is 6.86. The van der Waals surface area contributed by atoms with Crippen LogP contribution < -0.4 is 10.2 Å². The molecule has 0 aliphatic heterocycles. The lowest BCUT2D eigenvalue weighted by molar-refractivity contribution is 0.667. The van der Waals surface area contributed by atoms with Crippen LogP contribution in [0.5, 0.6) is 0 Å². The number of nitrogens with one attached hydrogen (secondary N) is 1. The maximum absolute atomic E-state index is 4.68. The monoisotopic (exact) mass is 361 g/mol. The SMILES string of the molecule is CC(C)N(Cc1ccccc1)c1cnnc(NCCCc2ccccc2)n1. The number of aryl methyl sites for hydroxylation is 1. The van der Waals surface area contributed by atoms with Crippen molar-refractivity contribution >= 4 is 11.8 Å². The predicted molar refractivity (Wildman–Crippen MR) is 111 cm³/mol. The van der Waals surface area contributed by atoms with Crippen molar-refractivity contribution in [2.75, 3.05) is 16.8 Å². The minimum absolute atomic E-state index is 0.313. The van der Waals surface area contributed by atoms with E-state index < -0.39 is 0 Å². The Morgan fingerprint density at radius 2 is 1.59 bits per heavy atom. The molecular formula is C22H27N5. The molecule has 2 aromatic carbocycles. The summed E-state index contributed by atoms with van der Waals surface area (Å²) in [6, 6.07) is 21.2. The molecule has 0 bridgehead atoms. The van der Waals surface area contributed by atoms with Crippen molar-refractivity contribution in [3.05, 3.63) is 78.0 Å². The van der Waals surface area contributed by atoms with Gasteiger partial charge >= 0.3 is 0 Å². The summed E-state index contributed by atoms with van der Waals surface area (Å²) in [5, 5.41) is 11.6. The minimum atomic E-state index is 0.313. The Kier molecular flexibility index (Phi) is 6.74. The van der Waals surface area contributed by atoms with Gasteiger partial charge in [0.25, 0.3) is 0 Å². The summed E-state index contributed by atoms with van der Waals surface area (Å²) in [5.74, 6) is 1.42. The van der Waals surface area contributed by atoms with Gasteiger partial charge < -0.3 is 10.2 Å². The zero-order valence-electron chi connectivity index (χ0n) is 16.0. The molecule has 0 radical (unpaired) electrons. The first-order valence-electron chi connectivity index (χ1n) is 9.50. The molecule has 140 valence electrons. The number of rotatable bonds is 9. The van der Waals surface area contributed by atoms with Crippen molar-refractivity contribution in [3.8, 4) is 0 Å². The molecule has 1 N–H and O–H groups in total. The molecule has 1 aromatic heterocycles. The van der Waals surface area contributed by atoms with E-state index in [1.807, 2.05) is 12.1 Å². The maximum atomic E-state index is 4.68. The number of aromatic nitrogens is 3. The fourth-order valence-corrected chi connectivity index (χ4v) is 2.95. The van der Waals surface area contributed by atoms with Gasteiger partial charge in [0.2, 0.25) is 5.95 Å². The van der Waals surface area contributed by atoms with Crippen LogP contribution in [0.15, 0.2) is 66.9 Å². The van der Waals surface area contributed by atoms with E-state index in [9.17, 15) is 0 Å². The van der Waals surface area contributed by atoms with Crippen LogP contribution >= 0.6 is 0 Å². The summed E-state index contributed by atoms with van der Waals surface area (Å²) in [4.78, 5) is 6.91. The molecule has 5 nitrogen and oxygen atoms in total. The third kappa shape index (κ3) is 5.78. The number of hydrogen-bond donors (Lipinski definition) is 1. The molecule has 0 unspecified atom stereocenters. The van der Waals surface area contributed by atoms with Crippen molar-refractivity contribution in [1.82, 2.24) is 15.2 Å². The zero-order chi connectivity index (χ0) is 18.9. The summed E-state index contributed by atoms with van der Waals surface area (Å²) in [5.41, 5.74) is 2.60. The Morgan fingerprint density at radius 3 is 2.26 bits per heavy atom. The fourth-order valence-electron chi connectivity index (χ4n) is 2.95. The van der Waals surface area contributed by atoms with Crippen LogP contribution in [0.25, 0.3) is 0 Å². The molecule has 3 aromatic rings. The Balaban J connectivity index is 1.59. The average Bonchev–Trinajstić information content (AvgIpc) is 2.71. The molecule has 5 heteroatoms. The lowest BCUT2D eigenvalue weighted by Gasteiger charge is -2.27. The smallest absolute Gasteiger partial charge is 0.244 e. The van der Waals surface area contributed by atoms with Crippen molar-refractivity contribution in [1.29, 1.82) is 0 Å². The van der Waals surface area contributed by atoms with Gasteiger partial charge in [0.1, 0.15) is 0 Å². The molecule has 0 saturated heterocycles. The second kappa shape index (κ2) is 9.67. The Hall–Kier alpha value is -2.95. The van der Waals surface area contributed by atoms with Crippen molar-refractivity contribution in [2.24, 2.45) is 0 Å². The Bertz CT molecular complexity index is 805. The summed E-state index contributed by atoms with van der Waals surface area (Å²) in [6.07, 6.45) is 3.79. The van der Waals surface area contributed by atoms with Gasteiger partial charge in [-0.3, -0.25) is 0 Å². The molecular weight excluding hydrogens is 334 g/mol.